The van der Waals surface area contributed by atoms with Gasteiger partial charge in [-0.2, -0.15) is 0 Å². The smallest absolute Gasteiger partial charge is 0.266 e. The zero-order valence-electron chi connectivity index (χ0n) is 16.6. The number of amides is 2. The summed E-state index contributed by atoms with van der Waals surface area (Å²) < 4.78 is 1.44. The van der Waals surface area contributed by atoms with Crippen molar-refractivity contribution in [2.24, 2.45) is 0 Å². The molecule has 31 heavy (non-hydrogen) atoms. The number of carbonyl (C=O) groups excluding carboxylic acids is 2. The molecule has 0 spiro atoms. The van der Waals surface area contributed by atoms with Crippen LogP contribution in [0.25, 0.3) is 16.3 Å². The van der Waals surface area contributed by atoms with Crippen LogP contribution in [-0.2, 0) is 9.59 Å². The molecule has 0 saturated carbocycles. The van der Waals surface area contributed by atoms with Crippen molar-refractivity contribution >= 4 is 84.5 Å². The molecule has 158 valence electrons. The fourth-order valence-electron chi connectivity index (χ4n) is 3.04. The fourth-order valence-corrected chi connectivity index (χ4v) is 5.50. The maximum atomic E-state index is 12.7. The number of thiazole rings is 1. The molecular weight excluding hydrogens is 470 g/mol. The van der Waals surface area contributed by atoms with Crippen molar-refractivity contribution in [1.82, 2.24) is 9.88 Å². The number of rotatable bonds is 6. The summed E-state index contributed by atoms with van der Waals surface area (Å²) >= 11 is 14.0. The molecule has 2 amide bonds. The highest BCUT2D eigenvalue weighted by Crippen LogP contribution is 2.33. The van der Waals surface area contributed by atoms with Gasteiger partial charge < -0.3 is 5.32 Å². The second kappa shape index (κ2) is 9.48. The number of anilines is 1. The van der Waals surface area contributed by atoms with Crippen LogP contribution < -0.4 is 5.32 Å². The summed E-state index contributed by atoms with van der Waals surface area (Å²) in [6.07, 6.45) is 2.63. The highest BCUT2D eigenvalue weighted by molar-refractivity contribution is 8.26. The van der Waals surface area contributed by atoms with Gasteiger partial charge in [-0.3, -0.25) is 14.5 Å². The lowest BCUT2D eigenvalue weighted by Gasteiger charge is -2.13. The number of halogens is 1. The number of aryl methyl sites for hydroxylation is 1. The Kier molecular flexibility index (Phi) is 6.71. The normalized spacial score (nSPS) is 15.3. The van der Waals surface area contributed by atoms with Gasteiger partial charge in [0.05, 0.1) is 15.1 Å². The minimum absolute atomic E-state index is 0.112. The van der Waals surface area contributed by atoms with Crippen molar-refractivity contribution in [1.29, 1.82) is 0 Å². The van der Waals surface area contributed by atoms with Gasteiger partial charge in [-0.05, 0) is 43.2 Å². The van der Waals surface area contributed by atoms with Crippen molar-refractivity contribution in [2.75, 3.05) is 11.9 Å². The Balaban J connectivity index is 1.31. The number of nitrogens with one attached hydrogen (secondary N) is 1. The van der Waals surface area contributed by atoms with E-state index in [1.807, 2.05) is 49.4 Å². The molecule has 0 atom stereocenters. The third-order valence-corrected chi connectivity index (χ3v) is 7.18. The van der Waals surface area contributed by atoms with E-state index in [1.165, 1.54) is 23.1 Å². The first-order chi connectivity index (χ1) is 14.9. The predicted molar refractivity (Wildman–Crippen MR) is 134 cm³/mol. The zero-order chi connectivity index (χ0) is 22.0. The van der Waals surface area contributed by atoms with E-state index in [9.17, 15) is 9.59 Å². The SMILES string of the molecule is Cc1ccc(/C=C2\SC(=S)N(CCCC(=O)Nc3nc4ccc(Cl)cc4s3)C2=O)cc1. The molecule has 9 heteroatoms. The largest absolute Gasteiger partial charge is 0.302 e. The van der Waals surface area contributed by atoms with Crippen LogP contribution in [0.3, 0.4) is 0 Å². The Morgan fingerprint density at radius 2 is 2.03 bits per heavy atom. The number of aromatic nitrogens is 1. The number of thioether (sulfide) groups is 1. The summed E-state index contributed by atoms with van der Waals surface area (Å²) in [6.45, 7) is 2.42. The van der Waals surface area contributed by atoms with E-state index in [0.717, 1.165) is 21.3 Å². The maximum Gasteiger partial charge on any atom is 0.266 e. The molecule has 1 saturated heterocycles. The topological polar surface area (TPSA) is 62.3 Å². The molecule has 2 heterocycles. The van der Waals surface area contributed by atoms with Crippen LogP contribution in [0.4, 0.5) is 5.13 Å². The van der Waals surface area contributed by atoms with Crippen LogP contribution in [0.5, 0.6) is 0 Å². The van der Waals surface area contributed by atoms with Crippen LogP contribution in [0.2, 0.25) is 5.02 Å². The van der Waals surface area contributed by atoms with E-state index in [1.54, 1.807) is 11.0 Å². The summed E-state index contributed by atoms with van der Waals surface area (Å²) in [5.74, 6) is -0.259. The summed E-state index contributed by atoms with van der Waals surface area (Å²) in [5.41, 5.74) is 2.92. The molecule has 0 aliphatic carbocycles. The Hall–Kier alpha value is -2.26. The van der Waals surface area contributed by atoms with Crippen molar-refractivity contribution in [3.8, 4) is 0 Å². The van der Waals surface area contributed by atoms with Gasteiger partial charge >= 0.3 is 0 Å². The molecule has 1 aliphatic rings. The molecule has 1 N–H and O–H groups in total. The second-order valence-electron chi connectivity index (χ2n) is 7.03. The van der Waals surface area contributed by atoms with Gasteiger partial charge in [-0.25, -0.2) is 4.98 Å². The summed E-state index contributed by atoms with van der Waals surface area (Å²) in [6, 6.07) is 13.4. The monoisotopic (exact) mass is 487 g/mol. The predicted octanol–water partition coefficient (Wildman–Crippen LogP) is 5.88. The Morgan fingerprint density at radius 3 is 2.81 bits per heavy atom. The fraction of sp³-hybridized carbons (Fsp3) is 0.182. The van der Waals surface area contributed by atoms with Gasteiger partial charge in [0.2, 0.25) is 5.91 Å². The number of hydrogen-bond donors (Lipinski definition) is 1. The third-order valence-electron chi connectivity index (χ3n) is 4.63. The zero-order valence-corrected chi connectivity index (χ0v) is 19.8. The lowest BCUT2D eigenvalue weighted by molar-refractivity contribution is -0.122. The molecular formula is C22H18ClN3O2S3. The standard InChI is InChI=1S/C22H18ClN3O2S3/c1-13-4-6-14(7-5-13)11-18-20(28)26(22(29)31-18)10-2-3-19(27)25-21-24-16-9-8-15(23)12-17(16)30-21/h4-9,11-12H,2-3,10H2,1H3,(H,24,25,27)/b18-11-. The number of benzene rings is 2. The van der Waals surface area contributed by atoms with Gasteiger partial charge in [0.1, 0.15) is 4.32 Å². The Morgan fingerprint density at radius 1 is 1.26 bits per heavy atom. The number of carbonyl (C=O) groups is 2. The van der Waals surface area contributed by atoms with E-state index < -0.39 is 0 Å². The maximum absolute atomic E-state index is 12.7. The summed E-state index contributed by atoms with van der Waals surface area (Å²) in [5, 5.41) is 3.99. The molecule has 0 radical (unpaired) electrons. The Labute approximate surface area is 198 Å². The second-order valence-corrected chi connectivity index (χ2v) is 10.2. The highest BCUT2D eigenvalue weighted by Gasteiger charge is 2.31. The first-order valence-corrected chi connectivity index (χ1v) is 12.0. The van der Waals surface area contributed by atoms with Gasteiger partial charge in [0.15, 0.2) is 5.13 Å². The average molecular weight is 488 g/mol. The first-order valence-electron chi connectivity index (χ1n) is 9.57. The van der Waals surface area contributed by atoms with E-state index in [0.29, 0.717) is 32.3 Å². The van der Waals surface area contributed by atoms with Gasteiger partial charge in [0, 0.05) is 18.0 Å². The van der Waals surface area contributed by atoms with Crippen molar-refractivity contribution in [3.05, 3.63) is 63.5 Å². The number of nitrogens with zero attached hydrogens (tertiary/aromatic N) is 2. The Bertz CT molecular complexity index is 1200. The van der Waals surface area contributed by atoms with Gasteiger partial charge in [0.25, 0.3) is 5.91 Å². The van der Waals surface area contributed by atoms with Crippen LogP contribution in [-0.4, -0.2) is 32.6 Å². The van der Waals surface area contributed by atoms with Gasteiger partial charge in [-0.15, -0.1) is 0 Å². The van der Waals surface area contributed by atoms with Crippen molar-refractivity contribution in [3.63, 3.8) is 0 Å². The molecule has 5 nitrogen and oxygen atoms in total. The first kappa shape index (κ1) is 22.0. The van der Waals surface area contributed by atoms with Crippen molar-refractivity contribution in [2.45, 2.75) is 19.8 Å². The summed E-state index contributed by atoms with van der Waals surface area (Å²) in [7, 11) is 0. The molecule has 0 bridgehead atoms. The van der Waals surface area contributed by atoms with E-state index >= 15 is 0 Å². The van der Waals surface area contributed by atoms with Crippen LogP contribution in [0.1, 0.15) is 24.0 Å². The molecule has 2 aromatic carbocycles. The number of thiocarbonyl (C=S) groups is 1. The lowest BCUT2D eigenvalue weighted by atomic mass is 10.1. The van der Waals surface area contributed by atoms with E-state index in [4.69, 9.17) is 23.8 Å². The molecule has 1 fully saturated rings. The average Bonchev–Trinajstić information content (AvgIpc) is 3.24. The minimum Gasteiger partial charge on any atom is -0.302 e. The molecule has 4 rings (SSSR count). The highest BCUT2D eigenvalue weighted by atomic mass is 35.5. The molecule has 0 unspecified atom stereocenters. The van der Waals surface area contributed by atoms with Crippen LogP contribution in [0.15, 0.2) is 47.4 Å². The number of hydrogen-bond acceptors (Lipinski definition) is 6. The number of fused-ring (bicyclic) bond motifs is 1. The van der Waals surface area contributed by atoms with Crippen LogP contribution in [0, 0.1) is 6.92 Å². The molecule has 3 aromatic rings. The minimum atomic E-state index is -0.147. The molecule has 1 aliphatic heterocycles. The van der Waals surface area contributed by atoms with Crippen molar-refractivity contribution < 1.29 is 9.59 Å². The quantitative estimate of drug-likeness (QED) is 0.347. The molecule has 1 aromatic heterocycles. The van der Waals surface area contributed by atoms with Gasteiger partial charge in [-0.1, -0.05) is 76.7 Å². The lowest BCUT2D eigenvalue weighted by Crippen LogP contribution is -2.29. The van der Waals surface area contributed by atoms with Crippen LogP contribution >= 0.6 is 46.9 Å². The third kappa shape index (κ3) is 5.33. The van der Waals surface area contributed by atoms with E-state index in [2.05, 4.69) is 10.3 Å². The summed E-state index contributed by atoms with van der Waals surface area (Å²) in [4.78, 5) is 31.6. The van der Waals surface area contributed by atoms with E-state index in [-0.39, 0.29) is 18.2 Å².